The Kier molecular flexibility index (Phi) is 3.50. The van der Waals surface area contributed by atoms with E-state index in [0.29, 0.717) is 0 Å². The van der Waals surface area contributed by atoms with Crippen molar-refractivity contribution in [3.8, 4) is 0 Å². The van der Waals surface area contributed by atoms with Crippen molar-refractivity contribution in [1.29, 1.82) is 0 Å². The molecule has 4 aromatic rings. The van der Waals surface area contributed by atoms with Crippen molar-refractivity contribution in [2.75, 3.05) is 7.11 Å². The second kappa shape index (κ2) is 5.81. The minimum absolute atomic E-state index is 0.311. The molecule has 0 N–H and O–H groups in total. The first-order valence-electron chi connectivity index (χ1n) is 7.76. The van der Waals surface area contributed by atoms with Crippen LogP contribution in [0.3, 0.4) is 0 Å². The summed E-state index contributed by atoms with van der Waals surface area (Å²) in [7, 11) is 1.42. The molecule has 4 rings (SSSR count). The summed E-state index contributed by atoms with van der Waals surface area (Å²) in [6, 6.07) is 21.2. The molecule has 4 heteroatoms. The molecule has 0 radical (unpaired) electrons. The number of para-hydroxylation sites is 2. The molecule has 3 aromatic carbocycles. The molecule has 118 valence electrons. The molecule has 1 heterocycles. The van der Waals surface area contributed by atoms with Crippen LogP contribution >= 0.6 is 0 Å². The van der Waals surface area contributed by atoms with E-state index in [9.17, 15) is 4.79 Å². The van der Waals surface area contributed by atoms with Crippen LogP contribution in [0, 0.1) is 0 Å². The number of rotatable bonds is 3. The highest BCUT2D eigenvalue weighted by atomic mass is 16.5. The van der Waals surface area contributed by atoms with Crippen molar-refractivity contribution in [3.63, 3.8) is 0 Å². The summed E-state index contributed by atoms with van der Waals surface area (Å²) in [5.41, 5.74) is 2.66. The summed E-state index contributed by atoms with van der Waals surface area (Å²) in [5, 5.41) is 2.13. The Labute approximate surface area is 139 Å². The Morgan fingerprint density at radius 1 is 1.00 bits per heavy atom. The molecule has 24 heavy (non-hydrogen) atoms. The smallest absolute Gasteiger partial charge is 0.333 e. The molecule has 4 nitrogen and oxygen atoms in total. The highest BCUT2D eigenvalue weighted by Gasteiger charge is 2.26. The summed E-state index contributed by atoms with van der Waals surface area (Å²) in [5.74, 6) is -0.311. The molecule has 0 bridgehead atoms. The Bertz CT molecular complexity index is 1030. The fraction of sp³-hybridized carbons (Fsp3) is 0.100. The number of nitrogens with zero attached hydrogens (tertiary/aromatic N) is 2. The van der Waals surface area contributed by atoms with Crippen molar-refractivity contribution >= 4 is 27.8 Å². The summed E-state index contributed by atoms with van der Waals surface area (Å²) < 4.78 is 6.98. The van der Waals surface area contributed by atoms with E-state index in [1.54, 1.807) is 6.33 Å². The number of benzene rings is 3. The Balaban J connectivity index is 1.99. The van der Waals surface area contributed by atoms with Gasteiger partial charge in [0.1, 0.15) is 0 Å². The Morgan fingerprint density at radius 3 is 2.62 bits per heavy atom. The summed E-state index contributed by atoms with van der Waals surface area (Å²) >= 11 is 0. The standard InChI is InChI=1S/C20H16N2O2/c1-24-20(23)19(22-13-21-17-11-4-5-12-18(17)22)16-10-6-8-14-7-2-3-9-15(14)16/h2-13,19H,1H3. The van der Waals surface area contributed by atoms with Crippen molar-refractivity contribution in [2.24, 2.45) is 0 Å². The number of carbonyl (C=O) groups is 1. The van der Waals surface area contributed by atoms with E-state index in [2.05, 4.69) is 4.98 Å². The van der Waals surface area contributed by atoms with E-state index in [-0.39, 0.29) is 5.97 Å². The SMILES string of the molecule is COC(=O)C(c1cccc2ccccc12)n1cnc2ccccc21. The number of ether oxygens (including phenoxy) is 1. The predicted octanol–water partition coefficient (Wildman–Crippen LogP) is 3.95. The van der Waals surface area contributed by atoms with Gasteiger partial charge in [0.25, 0.3) is 0 Å². The van der Waals surface area contributed by atoms with Gasteiger partial charge >= 0.3 is 5.97 Å². The molecule has 0 fully saturated rings. The van der Waals surface area contributed by atoms with E-state index < -0.39 is 6.04 Å². The summed E-state index contributed by atoms with van der Waals surface area (Å²) in [6.45, 7) is 0. The van der Waals surface area contributed by atoms with Crippen molar-refractivity contribution < 1.29 is 9.53 Å². The van der Waals surface area contributed by atoms with E-state index >= 15 is 0 Å². The predicted molar refractivity (Wildman–Crippen MR) is 93.8 cm³/mol. The highest BCUT2D eigenvalue weighted by molar-refractivity contribution is 5.92. The number of fused-ring (bicyclic) bond motifs is 2. The second-order valence-corrected chi connectivity index (χ2v) is 5.63. The Morgan fingerprint density at radius 2 is 1.75 bits per heavy atom. The molecule has 0 saturated carbocycles. The lowest BCUT2D eigenvalue weighted by Crippen LogP contribution is -2.21. The first kappa shape index (κ1) is 14.5. The van der Waals surface area contributed by atoms with E-state index in [1.165, 1.54) is 7.11 Å². The minimum atomic E-state index is -0.575. The molecule has 0 aliphatic carbocycles. The zero-order chi connectivity index (χ0) is 16.5. The van der Waals surface area contributed by atoms with Gasteiger partial charge in [0.2, 0.25) is 0 Å². The maximum atomic E-state index is 12.6. The van der Waals surface area contributed by atoms with Crippen LogP contribution in [0.2, 0.25) is 0 Å². The van der Waals surface area contributed by atoms with Gasteiger partial charge in [-0.3, -0.25) is 0 Å². The number of carbonyl (C=O) groups excluding carboxylic acids is 1. The second-order valence-electron chi connectivity index (χ2n) is 5.63. The van der Waals surface area contributed by atoms with Gasteiger partial charge in [0, 0.05) is 0 Å². The van der Waals surface area contributed by atoms with Gasteiger partial charge in [0.05, 0.1) is 24.5 Å². The number of imidazole rings is 1. The fourth-order valence-corrected chi connectivity index (χ4v) is 3.17. The number of hydrogen-bond donors (Lipinski definition) is 0. The molecular formula is C20H16N2O2. The third-order valence-electron chi connectivity index (χ3n) is 4.30. The largest absolute Gasteiger partial charge is 0.467 e. The number of aromatic nitrogens is 2. The first-order chi connectivity index (χ1) is 11.8. The zero-order valence-electron chi connectivity index (χ0n) is 13.2. The van der Waals surface area contributed by atoms with E-state index in [0.717, 1.165) is 27.4 Å². The number of esters is 1. The Hall–Kier alpha value is -3.14. The van der Waals surface area contributed by atoms with Crippen LogP contribution in [0.25, 0.3) is 21.8 Å². The average molecular weight is 316 g/mol. The lowest BCUT2D eigenvalue weighted by molar-refractivity contribution is -0.143. The van der Waals surface area contributed by atoms with Crippen LogP contribution in [-0.2, 0) is 9.53 Å². The maximum absolute atomic E-state index is 12.6. The molecule has 1 aromatic heterocycles. The van der Waals surface area contributed by atoms with Gasteiger partial charge in [-0.15, -0.1) is 0 Å². The summed E-state index contributed by atoms with van der Waals surface area (Å²) in [4.78, 5) is 17.0. The normalized spacial score (nSPS) is 12.4. The molecule has 0 saturated heterocycles. The quantitative estimate of drug-likeness (QED) is 0.538. The first-order valence-corrected chi connectivity index (χ1v) is 7.76. The maximum Gasteiger partial charge on any atom is 0.333 e. The van der Waals surface area contributed by atoms with Crippen LogP contribution in [0.4, 0.5) is 0 Å². The van der Waals surface area contributed by atoms with Crippen LogP contribution in [0.15, 0.2) is 73.1 Å². The number of hydrogen-bond acceptors (Lipinski definition) is 3. The average Bonchev–Trinajstić information content (AvgIpc) is 3.06. The summed E-state index contributed by atoms with van der Waals surface area (Å²) in [6.07, 6.45) is 1.70. The zero-order valence-corrected chi connectivity index (χ0v) is 13.2. The van der Waals surface area contributed by atoms with Crippen LogP contribution in [0.1, 0.15) is 11.6 Å². The monoisotopic (exact) mass is 316 g/mol. The van der Waals surface area contributed by atoms with Crippen molar-refractivity contribution in [3.05, 3.63) is 78.6 Å². The molecule has 0 aliphatic rings. The third kappa shape index (κ3) is 2.24. The molecule has 0 spiro atoms. The molecule has 0 aliphatic heterocycles. The van der Waals surface area contributed by atoms with Crippen LogP contribution < -0.4 is 0 Å². The van der Waals surface area contributed by atoms with Gasteiger partial charge < -0.3 is 9.30 Å². The topological polar surface area (TPSA) is 44.1 Å². The van der Waals surface area contributed by atoms with E-state index in [4.69, 9.17) is 4.74 Å². The van der Waals surface area contributed by atoms with E-state index in [1.807, 2.05) is 71.3 Å². The van der Waals surface area contributed by atoms with Crippen LogP contribution in [0.5, 0.6) is 0 Å². The highest BCUT2D eigenvalue weighted by Crippen LogP contribution is 2.30. The van der Waals surface area contributed by atoms with Gasteiger partial charge in [-0.25, -0.2) is 9.78 Å². The molecular weight excluding hydrogens is 300 g/mol. The molecule has 0 amide bonds. The van der Waals surface area contributed by atoms with Gasteiger partial charge in [-0.05, 0) is 28.5 Å². The lowest BCUT2D eigenvalue weighted by Gasteiger charge is -2.19. The lowest BCUT2D eigenvalue weighted by atomic mass is 9.98. The van der Waals surface area contributed by atoms with Gasteiger partial charge in [-0.2, -0.15) is 0 Å². The fourth-order valence-electron chi connectivity index (χ4n) is 3.17. The van der Waals surface area contributed by atoms with Crippen molar-refractivity contribution in [2.45, 2.75) is 6.04 Å². The van der Waals surface area contributed by atoms with Crippen molar-refractivity contribution in [1.82, 2.24) is 9.55 Å². The van der Waals surface area contributed by atoms with Crippen LogP contribution in [-0.4, -0.2) is 22.6 Å². The minimum Gasteiger partial charge on any atom is -0.467 e. The number of methoxy groups -OCH3 is 1. The van der Waals surface area contributed by atoms with Gasteiger partial charge in [-0.1, -0.05) is 54.6 Å². The van der Waals surface area contributed by atoms with Gasteiger partial charge in [0.15, 0.2) is 6.04 Å². The third-order valence-corrected chi connectivity index (χ3v) is 4.30. The molecule has 1 unspecified atom stereocenters. The molecule has 1 atom stereocenters.